The zero-order valence-electron chi connectivity index (χ0n) is 12.1. The minimum Gasteiger partial charge on any atom is -0.368 e. The number of nitrogens with zero attached hydrogens (tertiary/aromatic N) is 1. The standard InChI is InChI=1S/C18H13NO4/c20-17-11-12(14-16-15(23-16)13(11)22-14)18(21)19(17)10-6-5-8-3-1-2-4-9(8)7-10/h1-7,11-16H/t11-,12+,13-,14+,15-,16?/m0/s1. The Morgan fingerprint density at radius 3 is 2.04 bits per heavy atom. The van der Waals surface area contributed by atoms with Crippen LogP contribution in [-0.4, -0.2) is 36.2 Å². The number of ether oxygens (including phenoxy) is 2. The van der Waals surface area contributed by atoms with Gasteiger partial charge >= 0.3 is 0 Å². The highest BCUT2D eigenvalue weighted by atomic mass is 16.7. The van der Waals surface area contributed by atoms with Crippen molar-refractivity contribution in [2.24, 2.45) is 11.8 Å². The second kappa shape index (κ2) is 3.80. The van der Waals surface area contributed by atoms with Crippen LogP contribution in [0.2, 0.25) is 0 Å². The highest BCUT2D eigenvalue weighted by Crippen LogP contribution is 2.57. The van der Waals surface area contributed by atoms with Crippen LogP contribution in [0.4, 0.5) is 5.69 Å². The summed E-state index contributed by atoms with van der Waals surface area (Å²) in [5.74, 6) is -1.03. The molecule has 6 rings (SSSR count). The third-order valence-electron chi connectivity index (χ3n) is 5.62. The molecule has 0 aliphatic carbocycles. The fraction of sp³-hybridized carbons (Fsp3) is 0.333. The molecule has 0 radical (unpaired) electrons. The topological polar surface area (TPSA) is 59.1 Å². The smallest absolute Gasteiger partial charge is 0.240 e. The molecule has 4 heterocycles. The number of hydrogen-bond acceptors (Lipinski definition) is 4. The molecule has 2 aromatic rings. The number of carbonyl (C=O) groups excluding carboxylic acids is 2. The molecule has 4 fully saturated rings. The maximum atomic E-state index is 12.9. The molecule has 23 heavy (non-hydrogen) atoms. The zero-order valence-corrected chi connectivity index (χ0v) is 12.1. The molecule has 5 heteroatoms. The fourth-order valence-corrected chi connectivity index (χ4v) is 4.55. The van der Waals surface area contributed by atoms with Crippen LogP contribution in [0, 0.1) is 11.8 Å². The first kappa shape index (κ1) is 12.2. The van der Waals surface area contributed by atoms with Gasteiger partial charge in [0.1, 0.15) is 12.2 Å². The summed E-state index contributed by atoms with van der Waals surface area (Å²) in [5.41, 5.74) is 0.655. The average molecular weight is 307 g/mol. The molecule has 0 aromatic heterocycles. The third-order valence-corrected chi connectivity index (χ3v) is 5.62. The summed E-state index contributed by atoms with van der Waals surface area (Å²) in [5, 5.41) is 2.11. The highest BCUT2D eigenvalue weighted by molar-refractivity contribution is 6.23. The van der Waals surface area contributed by atoms with E-state index in [9.17, 15) is 9.59 Å². The van der Waals surface area contributed by atoms with Gasteiger partial charge in [-0.2, -0.15) is 0 Å². The Hall–Kier alpha value is -2.24. The molecule has 0 N–H and O–H groups in total. The second-order valence-electron chi connectivity index (χ2n) is 6.73. The molecule has 4 saturated heterocycles. The lowest BCUT2D eigenvalue weighted by atomic mass is 9.81. The normalized spacial score (nSPS) is 39.9. The van der Waals surface area contributed by atoms with E-state index in [1.807, 2.05) is 42.5 Å². The molecule has 0 saturated carbocycles. The van der Waals surface area contributed by atoms with E-state index in [0.717, 1.165) is 10.8 Å². The Kier molecular flexibility index (Phi) is 2.02. The van der Waals surface area contributed by atoms with Crippen molar-refractivity contribution in [2.45, 2.75) is 24.4 Å². The van der Waals surface area contributed by atoms with Crippen LogP contribution in [0.1, 0.15) is 0 Å². The Morgan fingerprint density at radius 2 is 1.35 bits per heavy atom. The first-order chi connectivity index (χ1) is 11.2. The molecule has 0 spiro atoms. The second-order valence-corrected chi connectivity index (χ2v) is 6.73. The molecule has 1 unspecified atom stereocenters. The number of rotatable bonds is 1. The summed E-state index contributed by atoms with van der Waals surface area (Å²) >= 11 is 0. The molecule has 6 atom stereocenters. The van der Waals surface area contributed by atoms with Gasteiger partial charge in [0.15, 0.2) is 0 Å². The lowest BCUT2D eigenvalue weighted by Gasteiger charge is -2.19. The quantitative estimate of drug-likeness (QED) is 0.592. The lowest BCUT2D eigenvalue weighted by Crippen LogP contribution is -2.35. The molecule has 4 aliphatic rings. The van der Waals surface area contributed by atoms with Crippen molar-refractivity contribution >= 4 is 28.3 Å². The lowest BCUT2D eigenvalue weighted by molar-refractivity contribution is -0.126. The number of benzene rings is 2. The van der Waals surface area contributed by atoms with E-state index in [0.29, 0.717) is 5.69 Å². The van der Waals surface area contributed by atoms with Gasteiger partial charge in [-0.1, -0.05) is 30.3 Å². The highest BCUT2D eigenvalue weighted by Gasteiger charge is 2.75. The van der Waals surface area contributed by atoms with Gasteiger partial charge in [-0.3, -0.25) is 9.59 Å². The number of hydrogen-bond donors (Lipinski definition) is 0. The molecule has 5 nitrogen and oxygen atoms in total. The summed E-state index contributed by atoms with van der Waals surface area (Å²) in [6.07, 6.45) is -0.432. The van der Waals surface area contributed by atoms with Crippen molar-refractivity contribution in [3.8, 4) is 0 Å². The van der Waals surface area contributed by atoms with Gasteiger partial charge in [-0.25, -0.2) is 4.90 Å². The largest absolute Gasteiger partial charge is 0.368 e. The Balaban J connectivity index is 1.45. The van der Waals surface area contributed by atoms with Crippen LogP contribution >= 0.6 is 0 Å². The van der Waals surface area contributed by atoms with Crippen LogP contribution in [0.15, 0.2) is 42.5 Å². The Labute approximate surface area is 131 Å². The van der Waals surface area contributed by atoms with Gasteiger partial charge in [0.2, 0.25) is 11.8 Å². The van der Waals surface area contributed by atoms with Crippen molar-refractivity contribution < 1.29 is 19.1 Å². The van der Waals surface area contributed by atoms with Crippen LogP contribution in [0.5, 0.6) is 0 Å². The summed E-state index contributed by atoms with van der Waals surface area (Å²) in [7, 11) is 0. The maximum Gasteiger partial charge on any atom is 0.240 e. The van der Waals surface area contributed by atoms with Crippen molar-refractivity contribution in [3.05, 3.63) is 42.5 Å². The monoisotopic (exact) mass is 307 g/mol. The molecule has 4 aliphatic heterocycles. The molecule has 2 bridgehead atoms. The number of amides is 2. The van der Waals surface area contributed by atoms with E-state index in [2.05, 4.69) is 0 Å². The molecule has 114 valence electrons. The summed E-state index contributed by atoms with van der Waals surface area (Å²) < 4.78 is 11.3. The summed E-state index contributed by atoms with van der Waals surface area (Å²) in [6, 6.07) is 13.6. The van der Waals surface area contributed by atoms with Crippen molar-refractivity contribution in [1.29, 1.82) is 0 Å². The van der Waals surface area contributed by atoms with E-state index < -0.39 is 0 Å². The predicted octanol–water partition coefficient (Wildman–Crippen LogP) is 1.49. The van der Waals surface area contributed by atoms with E-state index in [4.69, 9.17) is 9.47 Å². The third kappa shape index (κ3) is 1.36. The van der Waals surface area contributed by atoms with E-state index in [-0.39, 0.29) is 48.1 Å². The van der Waals surface area contributed by atoms with Crippen LogP contribution < -0.4 is 4.90 Å². The molecular formula is C18H13NO4. The minimum absolute atomic E-state index is 0.0227. The zero-order chi connectivity index (χ0) is 15.3. The summed E-state index contributed by atoms with van der Waals surface area (Å²) in [6.45, 7) is 0. The van der Waals surface area contributed by atoms with Crippen LogP contribution in [0.25, 0.3) is 10.8 Å². The number of fused-ring (bicyclic) bond motifs is 9. The number of carbonyl (C=O) groups is 2. The maximum absolute atomic E-state index is 12.9. The van der Waals surface area contributed by atoms with E-state index >= 15 is 0 Å². The van der Waals surface area contributed by atoms with Gasteiger partial charge in [0, 0.05) is 0 Å². The number of imide groups is 1. The van der Waals surface area contributed by atoms with Crippen molar-refractivity contribution in [1.82, 2.24) is 0 Å². The van der Waals surface area contributed by atoms with Gasteiger partial charge in [0.25, 0.3) is 0 Å². The van der Waals surface area contributed by atoms with Gasteiger partial charge in [-0.05, 0) is 22.9 Å². The minimum atomic E-state index is -0.372. The Morgan fingerprint density at radius 1 is 0.739 bits per heavy atom. The van der Waals surface area contributed by atoms with Gasteiger partial charge < -0.3 is 9.47 Å². The SMILES string of the molecule is O=C1[C@@H]2[C@@H]3O[C@@H](C4O[C@H]43)[C@@H]2C(=O)N1c1ccc2ccccc2c1. The summed E-state index contributed by atoms with van der Waals surface area (Å²) in [4.78, 5) is 27.1. The van der Waals surface area contributed by atoms with Gasteiger partial charge in [-0.15, -0.1) is 0 Å². The fourth-order valence-electron chi connectivity index (χ4n) is 4.55. The first-order valence-corrected chi connectivity index (χ1v) is 7.91. The number of epoxide rings is 1. The van der Waals surface area contributed by atoms with Crippen molar-refractivity contribution in [2.75, 3.05) is 4.90 Å². The van der Waals surface area contributed by atoms with E-state index in [1.165, 1.54) is 4.90 Å². The molecule has 2 aromatic carbocycles. The number of anilines is 1. The van der Waals surface area contributed by atoms with Crippen LogP contribution in [0.3, 0.4) is 0 Å². The molecular weight excluding hydrogens is 294 g/mol. The van der Waals surface area contributed by atoms with Gasteiger partial charge in [0.05, 0.1) is 29.7 Å². The molecule has 2 amide bonds. The van der Waals surface area contributed by atoms with Crippen LogP contribution in [-0.2, 0) is 19.1 Å². The first-order valence-electron chi connectivity index (χ1n) is 7.91. The average Bonchev–Trinajstić information content (AvgIpc) is 3.08. The Bertz CT molecular complexity index is 861. The predicted molar refractivity (Wildman–Crippen MR) is 80.7 cm³/mol. The van der Waals surface area contributed by atoms with E-state index in [1.54, 1.807) is 0 Å². The van der Waals surface area contributed by atoms with Crippen molar-refractivity contribution in [3.63, 3.8) is 0 Å².